The number of benzene rings is 2. The average Bonchev–Trinajstić information content (AvgIpc) is 3.29. The van der Waals surface area contributed by atoms with E-state index >= 15 is 0 Å². The zero-order chi connectivity index (χ0) is 22.3. The van der Waals surface area contributed by atoms with E-state index in [2.05, 4.69) is 36.1 Å². The molecule has 3 rings (SSSR count). The number of Topliss-reactive ketones (excluding diaryl/α,β-unsaturated/α-hetero) is 1. The quantitative estimate of drug-likeness (QED) is 0.542. The Morgan fingerprint density at radius 1 is 0.862 bits per heavy atom. The van der Waals surface area contributed by atoms with Crippen LogP contribution in [0.5, 0.6) is 0 Å². The van der Waals surface area contributed by atoms with E-state index < -0.39 is 5.41 Å². The Hall–Kier alpha value is -1.93. The maximum atomic E-state index is 13.0. The molecular weight excluding hydrogens is 354 g/mol. The molecule has 1 aliphatic heterocycles. The standard InChI is InChI=1S/C21H25NO.3C2H6/c1-3-22-15-14-20(16-22)21(17(2)23,18-10-6-4-7-11-18)19-12-8-5-9-13-19;3*1-2/h4-13,20H,3,14-16H2,1-2H3;3*1-2H3. The summed E-state index contributed by atoms with van der Waals surface area (Å²) in [5.41, 5.74) is 1.72. The molecule has 1 heterocycles. The molecule has 0 saturated carbocycles. The first kappa shape index (κ1) is 27.1. The highest BCUT2D eigenvalue weighted by Crippen LogP contribution is 2.44. The van der Waals surface area contributed by atoms with Crippen LogP contribution in [0.3, 0.4) is 0 Å². The molecule has 2 aromatic carbocycles. The van der Waals surface area contributed by atoms with Crippen LogP contribution < -0.4 is 0 Å². The fourth-order valence-corrected chi connectivity index (χ4v) is 4.21. The van der Waals surface area contributed by atoms with Gasteiger partial charge < -0.3 is 4.90 Å². The van der Waals surface area contributed by atoms with Crippen molar-refractivity contribution in [1.82, 2.24) is 4.90 Å². The molecule has 29 heavy (non-hydrogen) atoms. The molecule has 2 heteroatoms. The first-order chi connectivity index (χ1) is 14.2. The summed E-state index contributed by atoms with van der Waals surface area (Å²) in [6.45, 7) is 19.1. The van der Waals surface area contributed by atoms with Crippen LogP contribution in [0.1, 0.15) is 72.9 Å². The number of carbonyl (C=O) groups excluding carboxylic acids is 1. The maximum absolute atomic E-state index is 13.0. The summed E-state index contributed by atoms with van der Waals surface area (Å²) in [6.07, 6.45) is 1.07. The zero-order valence-corrected chi connectivity index (χ0v) is 20.0. The molecule has 1 aliphatic rings. The lowest BCUT2D eigenvalue weighted by Gasteiger charge is -2.38. The second kappa shape index (κ2) is 15.0. The number of hydrogen-bond donors (Lipinski definition) is 0. The minimum atomic E-state index is -0.535. The van der Waals surface area contributed by atoms with Gasteiger partial charge in [0.25, 0.3) is 0 Å². The summed E-state index contributed by atoms with van der Waals surface area (Å²) in [5, 5.41) is 0. The van der Waals surface area contributed by atoms with Crippen LogP contribution >= 0.6 is 0 Å². The Labute approximate surface area is 180 Å². The molecule has 0 bridgehead atoms. The van der Waals surface area contributed by atoms with E-state index in [1.54, 1.807) is 6.92 Å². The highest BCUT2D eigenvalue weighted by Gasteiger charge is 2.48. The van der Waals surface area contributed by atoms with Crippen molar-refractivity contribution in [3.8, 4) is 0 Å². The lowest BCUT2D eigenvalue weighted by Crippen LogP contribution is -2.44. The summed E-state index contributed by atoms with van der Waals surface area (Å²) >= 11 is 0. The molecule has 1 unspecified atom stereocenters. The van der Waals surface area contributed by atoms with E-state index in [0.717, 1.165) is 37.2 Å². The van der Waals surface area contributed by atoms with E-state index in [0.29, 0.717) is 5.92 Å². The Morgan fingerprint density at radius 3 is 1.59 bits per heavy atom. The van der Waals surface area contributed by atoms with E-state index in [-0.39, 0.29) is 5.78 Å². The van der Waals surface area contributed by atoms with Crippen LogP contribution in [-0.4, -0.2) is 30.3 Å². The van der Waals surface area contributed by atoms with Crippen molar-refractivity contribution in [1.29, 1.82) is 0 Å². The third kappa shape index (κ3) is 6.27. The van der Waals surface area contributed by atoms with Gasteiger partial charge in [-0.15, -0.1) is 0 Å². The fraction of sp³-hybridized carbons (Fsp3) is 0.519. The predicted octanol–water partition coefficient (Wildman–Crippen LogP) is 6.98. The molecule has 0 aliphatic carbocycles. The van der Waals surface area contributed by atoms with Gasteiger partial charge in [-0.1, -0.05) is 109 Å². The fourth-order valence-electron chi connectivity index (χ4n) is 4.21. The molecular formula is C27H43NO. The summed E-state index contributed by atoms with van der Waals surface area (Å²) in [6, 6.07) is 20.7. The van der Waals surface area contributed by atoms with Gasteiger partial charge in [-0.05, 0) is 43.5 Å². The molecule has 1 atom stereocenters. The largest absolute Gasteiger partial charge is 0.303 e. The number of carbonyl (C=O) groups is 1. The van der Waals surface area contributed by atoms with Crippen molar-refractivity contribution < 1.29 is 4.79 Å². The predicted molar refractivity (Wildman–Crippen MR) is 129 cm³/mol. The van der Waals surface area contributed by atoms with E-state index in [9.17, 15) is 4.79 Å². The van der Waals surface area contributed by atoms with Gasteiger partial charge in [-0.3, -0.25) is 4.79 Å². The highest BCUT2D eigenvalue weighted by molar-refractivity contribution is 5.92. The van der Waals surface area contributed by atoms with Crippen LogP contribution in [0, 0.1) is 5.92 Å². The van der Waals surface area contributed by atoms with Crippen molar-refractivity contribution in [2.75, 3.05) is 19.6 Å². The van der Waals surface area contributed by atoms with Gasteiger partial charge in [0.15, 0.2) is 0 Å². The maximum Gasteiger partial charge on any atom is 0.145 e. The first-order valence-corrected chi connectivity index (χ1v) is 11.5. The van der Waals surface area contributed by atoms with Crippen LogP contribution in [0.2, 0.25) is 0 Å². The SMILES string of the molecule is CC.CC.CC.CCN1CCC(C(C(C)=O)(c2ccccc2)c2ccccc2)C1. The molecule has 0 amide bonds. The molecule has 1 saturated heterocycles. The van der Waals surface area contributed by atoms with Gasteiger partial charge in [0, 0.05) is 6.54 Å². The van der Waals surface area contributed by atoms with E-state index in [1.807, 2.05) is 77.9 Å². The second-order valence-electron chi connectivity index (χ2n) is 6.48. The Kier molecular flexibility index (Phi) is 14.0. The molecule has 1 fully saturated rings. The zero-order valence-electron chi connectivity index (χ0n) is 20.0. The molecule has 2 aromatic rings. The van der Waals surface area contributed by atoms with Crippen molar-refractivity contribution in [3.63, 3.8) is 0 Å². The van der Waals surface area contributed by atoms with Gasteiger partial charge >= 0.3 is 0 Å². The monoisotopic (exact) mass is 397 g/mol. The number of likely N-dealkylation sites (tertiary alicyclic amines) is 1. The summed E-state index contributed by atoms with van der Waals surface area (Å²) in [7, 11) is 0. The van der Waals surface area contributed by atoms with Crippen molar-refractivity contribution in [2.45, 2.75) is 67.2 Å². The number of hydrogen-bond acceptors (Lipinski definition) is 2. The molecule has 0 spiro atoms. The molecule has 0 N–H and O–H groups in total. The smallest absolute Gasteiger partial charge is 0.145 e. The highest BCUT2D eigenvalue weighted by atomic mass is 16.1. The van der Waals surface area contributed by atoms with E-state index in [4.69, 9.17) is 0 Å². The third-order valence-corrected chi connectivity index (χ3v) is 5.35. The third-order valence-electron chi connectivity index (χ3n) is 5.35. The molecule has 2 nitrogen and oxygen atoms in total. The number of rotatable bonds is 5. The molecule has 0 radical (unpaired) electrons. The van der Waals surface area contributed by atoms with Gasteiger partial charge in [0.2, 0.25) is 0 Å². The Morgan fingerprint density at radius 2 is 1.28 bits per heavy atom. The minimum absolute atomic E-state index is 0.248. The van der Waals surface area contributed by atoms with Gasteiger partial charge in [0.05, 0.1) is 5.41 Å². The van der Waals surface area contributed by atoms with Crippen LogP contribution in [0.4, 0.5) is 0 Å². The summed E-state index contributed by atoms with van der Waals surface area (Å²) < 4.78 is 0. The van der Waals surface area contributed by atoms with Crippen LogP contribution in [-0.2, 0) is 10.2 Å². The van der Waals surface area contributed by atoms with Crippen LogP contribution in [0.15, 0.2) is 60.7 Å². The second-order valence-corrected chi connectivity index (χ2v) is 6.48. The topological polar surface area (TPSA) is 20.3 Å². The van der Waals surface area contributed by atoms with Crippen molar-refractivity contribution >= 4 is 5.78 Å². The molecule has 0 aromatic heterocycles. The molecule has 162 valence electrons. The van der Waals surface area contributed by atoms with Gasteiger partial charge in [0.1, 0.15) is 5.78 Å². The van der Waals surface area contributed by atoms with Gasteiger partial charge in [-0.2, -0.15) is 0 Å². The summed E-state index contributed by atoms with van der Waals surface area (Å²) in [5.74, 6) is 0.572. The normalized spacial score (nSPS) is 15.7. The minimum Gasteiger partial charge on any atom is -0.303 e. The first-order valence-electron chi connectivity index (χ1n) is 11.5. The lowest BCUT2D eigenvalue weighted by molar-refractivity contribution is -0.122. The van der Waals surface area contributed by atoms with E-state index in [1.165, 1.54) is 0 Å². The van der Waals surface area contributed by atoms with Crippen molar-refractivity contribution in [3.05, 3.63) is 71.8 Å². The average molecular weight is 398 g/mol. The number of ketones is 1. The van der Waals surface area contributed by atoms with Gasteiger partial charge in [-0.25, -0.2) is 0 Å². The van der Waals surface area contributed by atoms with Crippen LogP contribution in [0.25, 0.3) is 0 Å². The summed E-state index contributed by atoms with van der Waals surface area (Å²) in [4.78, 5) is 15.5. The Balaban J connectivity index is 0.00000120. The number of nitrogens with zero attached hydrogens (tertiary/aromatic N) is 1. The lowest BCUT2D eigenvalue weighted by atomic mass is 9.63. The van der Waals surface area contributed by atoms with Crippen molar-refractivity contribution in [2.24, 2.45) is 5.92 Å². The Bertz CT molecular complexity index is 611.